The number of para-hydroxylation sites is 1. The molecule has 0 bridgehead atoms. The number of carbonyl (C=O) groups is 1. The zero-order valence-electron chi connectivity index (χ0n) is 11.9. The van der Waals surface area contributed by atoms with E-state index in [4.69, 9.17) is 9.47 Å². The highest BCUT2D eigenvalue weighted by Gasteiger charge is 2.06. The number of rotatable bonds is 7. The van der Waals surface area contributed by atoms with Gasteiger partial charge in [0, 0.05) is 6.42 Å². The van der Waals surface area contributed by atoms with Crippen LogP contribution >= 0.6 is 0 Å². The molecule has 0 aliphatic rings. The van der Waals surface area contributed by atoms with E-state index in [2.05, 4.69) is 0 Å². The van der Waals surface area contributed by atoms with E-state index in [1.807, 2.05) is 51.1 Å². The Labute approximate surface area is 115 Å². The third kappa shape index (κ3) is 6.09. The number of hydrogen-bond acceptors (Lipinski definition) is 3. The first-order valence-corrected chi connectivity index (χ1v) is 6.63. The Balaban J connectivity index is 2.57. The molecule has 19 heavy (non-hydrogen) atoms. The molecule has 0 aliphatic carbocycles. The summed E-state index contributed by atoms with van der Waals surface area (Å²) in [6.07, 6.45) is 3.06. The van der Waals surface area contributed by atoms with Crippen molar-refractivity contribution in [1.82, 2.24) is 0 Å². The highest BCUT2D eigenvalue weighted by atomic mass is 16.5. The zero-order valence-corrected chi connectivity index (χ0v) is 11.9. The summed E-state index contributed by atoms with van der Waals surface area (Å²) >= 11 is 0. The van der Waals surface area contributed by atoms with Crippen LogP contribution in [0.4, 0.5) is 0 Å². The molecule has 0 heterocycles. The van der Waals surface area contributed by atoms with Crippen molar-refractivity contribution in [2.45, 2.75) is 33.6 Å². The molecule has 0 radical (unpaired) electrons. The van der Waals surface area contributed by atoms with Crippen LogP contribution in [0.1, 0.15) is 32.8 Å². The maximum Gasteiger partial charge on any atom is 0.306 e. The SMILES string of the molecule is CCOC(=O)CCc1ccccc1OCC=C(C)C. The van der Waals surface area contributed by atoms with Crippen molar-refractivity contribution < 1.29 is 14.3 Å². The largest absolute Gasteiger partial charge is 0.489 e. The summed E-state index contributed by atoms with van der Waals surface area (Å²) in [5.41, 5.74) is 2.27. The highest BCUT2D eigenvalue weighted by Crippen LogP contribution is 2.19. The van der Waals surface area contributed by atoms with E-state index in [9.17, 15) is 4.79 Å². The third-order valence-corrected chi connectivity index (χ3v) is 2.61. The fraction of sp³-hybridized carbons (Fsp3) is 0.438. The lowest BCUT2D eigenvalue weighted by Crippen LogP contribution is -2.06. The van der Waals surface area contributed by atoms with E-state index >= 15 is 0 Å². The molecule has 1 rings (SSSR count). The number of carbonyl (C=O) groups excluding carboxylic acids is 1. The summed E-state index contributed by atoms with van der Waals surface area (Å²) in [7, 11) is 0. The first-order valence-electron chi connectivity index (χ1n) is 6.63. The minimum absolute atomic E-state index is 0.165. The number of hydrogen-bond donors (Lipinski definition) is 0. The summed E-state index contributed by atoms with van der Waals surface area (Å²) in [4.78, 5) is 11.4. The Morgan fingerprint density at radius 2 is 2.00 bits per heavy atom. The fourth-order valence-corrected chi connectivity index (χ4v) is 1.62. The molecule has 0 spiro atoms. The van der Waals surface area contributed by atoms with Gasteiger partial charge in [0.25, 0.3) is 0 Å². The van der Waals surface area contributed by atoms with Gasteiger partial charge >= 0.3 is 5.97 Å². The van der Waals surface area contributed by atoms with Gasteiger partial charge in [-0.2, -0.15) is 0 Å². The second-order valence-corrected chi connectivity index (χ2v) is 4.51. The van der Waals surface area contributed by atoms with Gasteiger partial charge in [0.15, 0.2) is 0 Å². The molecule has 1 aromatic rings. The van der Waals surface area contributed by atoms with Crippen molar-refractivity contribution in [1.29, 1.82) is 0 Å². The lowest BCUT2D eigenvalue weighted by molar-refractivity contribution is -0.143. The Bertz CT molecular complexity index is 431. The smallest absolute Gasteiger partial charge is 0.306 e. The first kappa shape index (κ1) is 15.3. The van der Waals surface area contributed by atoms with Gasteiger partial charge in [-0.25, -0.2) is 0 Å². The zero-order chi connectivity index (χ0) is 14.1. The lowest BCUT2D eigenvalue weighted by atomic mass is 10.1. The minimum atomic E-state index is -0.165. The summed E-state index contributed by atoms with van der Waals surface area (Å²) in [6.45, 7) is 6.87. The second-order valence-electron chi connectivity index (χ2n) is 4.51. The number of benzene rings is 1. The molecule has 0 unspecified atom stereocenters. The van der Waals surface area contributed by atoms with Crippen molar-refractivity contribution >= 4 is 5.97 Å². The van der Waals surface area contributed by atoms with Gasteiger partial charge in [-0.15, -0.1) is 0 Å². The summed E-state index contributed by atoms with van der Waals surface area (Å²) < 4.78 is 10.6. The molecule has 0 aromatic heterocycles. The second kappa shape index (κ2) is 8.35. The molecular weight excluding hydrogens is 240 g/mol. The van der Waals surface area contributed by atoms with Crippen LogP contribution in [0.25, 0.3) is 0 Å². The molecule has 0 aliphatic heterocycles. The highest BCUT2D eigenvalue weighted by molar-refractivity contribution is 5.69. The summed E-state index contributed by atoms with van der Waals surface area (Å²) in [6, 6.07) is 7.80. The van der Waals surface area contributed by atoms with Gasteiger partial charge < -0.3 is 9.47 Å². The Kier molecular flexibility index (Phi) is 6.72. The van der Waals surface area contributed by atoms with E-state index in [0.717, 1.165) is 11.3 Å². The van der Waals surface area contributed by atoms with E-state index in [1.54, 1.807) is 0 Å². The Hall–Kier alpha value is -1.77. The van der Waals surface area contributed by atoms with Crippen molar-refractivity contribution in [3.8, 4) is 5.75 Å². The van der Waals surface area contributed by atoms with E-state index in [1.165, 1.54) is 5.57 Å². The van der Waals surface area contributed by atoms with Crippen molar-refractivity contribution in [3.05, 3.63) is 41.5 Å². The molecule has 0 saturated heterocycles. The van der Waals surface area contributed by atoms with Crippen LogP contribution in [-0.4, -0.2) is 19.2 Å². The van der Waals surface area contributed by atoms with Gasteiger partial charge in [0.2, 0.25) is 0 Å². The summed E-state index contributed by atoms with van der Waals surface area (Å²) in [5.74, 6) is 0.672. The van der Waals surface area contributed by atoms with Crippen LogP contribution in [0.2, 0.25) is 0 Å². The molecular formula is C16H22O3. The molecule has 0 amide bonds. The molecule has 0 fully saturated rings. The van der Waals surface area contributed by atoms with Crippen LogP contribution in [0.5, 0.6) is 5.75 Å². The maximum atomic E-state index is 11.4. The predicted octanol–water partition coefficient (Wildman–Crippen LogP) is 3.53. The molecule has 3 heteroatoms. The standard InChI is InChI=1S/C16H22O3/c1-4-18-16(17)10-9-14-7-5-6-8-15(14)19-12-11-13(2)3/h5-8,11H,4,9-10,12H2,1-3H3. The van der Waals surface area contributed by atoms with E-state index in [-0.39, 0.29) is 5.97 Å². The number of aryl methyl sites for hydroxylation is 1. The fourth-order valence-electron chi connectivity index (χ4n) is 1.62. The van der Waals surface area contributed by atoms with Crippen molar-refractivity contribution in [2.75, 3.05) is 13.2 Å². The van der Waals surface area contributed by atoms with E-state index < -0.39 is 0 Å². The van der Waals surface area contributed by atoms with Crippen LogP contribution in [-0.2, 0) is 16.0 Å². The van der Waals surface area contributed by atoms with Crippen LogP contribution in [0, 0.1) is 0 Å². The predicted molar refractivity (Wildman–Crippen MR) is 76.3 cm³/mol. The molecule has 0 atom stereocenters. The van der Waals surface area contributed by atoms with Gasteiger partial charge in [-0.1, -0.05) is 23.8 Å². The average Bonchev–Trinajstić information content (AvgIpc) is 2.37. The Morgan fingerprint density at radius 3 is 2.68 bits per heavy atom. The van der Waals surface area contributed by atoms with Gasteiger partial charge in [-0.05, 0) is 44.9 Å². The first-order chi connectivity index (χ1) is 9.13. The monoisotopic (exact) mass is 262 g/mol. The van der Waals surface area contributed by atoms with E-state index in [0.29, 0.717) is 26.1 Å². The number of allylic oxidation sites excluding steroid dienone is 1. The molecule has 104 valence electrons. The lowest BCUT2D eigenvalue weighted by Gasteiger charge is -2.10. The topological polar surface area (TPSA) is 35.5 Å². The molecule has 0 saturated carbocycles. The average molecular weight is 262 g/mol. The normalized spacial score (nSPS) is 9.84. The number of ether oxygens (including phenoxy) is 2. The third-order valence-electron chi connectivity index (χ3n) is 2.61. The number of esters is 1. The molecule has 3 nitrogen and oxygen atoms in total. The van der Waals surface area contributed by atoms with Crippen molar-refractivity contribution in [2.24, 2.45) is 0 Å². The molecule has 0 N–H and O–H groups in total. The Morgan fingerprint density at radius 1 is 1.26 bits per heavy atom. The van der Waals surface area contributed by atoms with Crippen LogP contribution in [0.15, 0.2) is 35.9 Å². The van der Waals surface area contributed by atoms with Gasteiger partial charge in [0.1, 0.15) is 12.4 Å². The summed E-state index contributed by atoms with van der Waals surface area (Å²) in [5, 5.41) is 0. The van der Waals surface area contributed by atoms with Crippen molar-refractivity contribution in [3.63, 3.8) is 0 Å². The van der Waals surface area contributed by atoms with Crippen LogP contribution < -0.4 is 4.74 Å². The minimum Gasteiger partial charge on any atom is -0.489 e. The molecule has 1 aromatic carbocycles. The quantitative estimate of drug-likeness (QED) is 0.557. The maximum absolute atomic E-state index is 11.4. The van der Waals surface area contributed by atoms with Crippen LogP contribution in [0.3, 0.4) is 0 Å². The van der Waals surface area contributed by atoms with Gasteiger partial charge in [-0.3, -0.25) is 4.79 Å². The van der Waals surface area contributed by atoms with Gasteiger partial charge in [0.05, 0.1) is 6.61 Å².